The topological polar surface area (TPSA) is 108 Å². The summed E-state index contributed by atoms with van der Waals surface area (Å²) in [6, 6.07) is 11.3. The van der Waals surface area contributed by atoms with Crippen LogP contribution in [0.5, 0.6) is 0 Å². The van der Waals surface area contributed by atoms with Crippen molar-refractivity contribution in [3.05, 3.63) is 70.0 Å². The van der Waals surface area contributed by atoms with E-state index in [2.05, 4.69) is 15.0 Å². The molecule has 30 heavy (non-hydrogen) atoms. The molecule has 0 aliphatic heterocycles. The molecule has 0 radical (unpaired) electrons. The first-order chi connectivity index (χ1) is 14.3. The second kappa shape index (κ2) is 8.71. The van der Waals surface area contributed by atoms with E-state index in [-0.39, 0.29) is 21.9 Å². The van der Waals surface area contributed by atoms with Gasteiger partial charge in [-0.2, -0.15) is 0 Å². The van der Waals surface area contributed by atoms with Crippen LogP contribution in [-0.4, -0.2) is 25.4 Å². The van der Waals surface area contributed by atoms with Crippen LogP contribution in [-0.2, 0) is 16.4 Å². The summed E-state index contributed by atoms with van der Waals surface area (Å²) in [5.74, 6) is -0.490. The molecule has 3 rings (SSSR count). The Kier molecular flexibility index (Phi) is 6.26. The molecule has 1 amide bonds. The van der Waals surface area contributed by atoms with Gasteiger partial charge in [0.25, 0.3) is 15.9 Å². The summed E-state index contributed by atoms with van der Waals surface area (Å²) in [5, 5.41) is 2.89. The molecule has 1 atom stereocenters. The number of carbonyl (C=O) groups is 1. The monoisotopic (exact) mass is 427 g/mol. The third kappa shape index (κ3) is 4.38. The zero-order valence-corrected chi connectivity index (χ0v) is 18.0. The molecule has 0 unspecified atom stereocenters. The smallest absolute Gasteiger partial charge is 0.261 e. The summed E-state index contributed by atoms with van der Waals surface area (Å²) in [7, 11) is -3.91. The fourth-order valence-corrected chi connectivity index (χ4v) is 4.20. The molecule has 0 bridgehead atoms. The van der Waals surface area contributed by atoms with Crippen molar-refractivity contribution in [1.29, 1.82) is 0 Å². The van der Waals surface area contributed by atoms with E-state index in [1.165, 1.54) is 24.4 Å². The van der Waals surface area contributed by atoms with Crippen molar-refractivity contribution < 1.29 is 13.2 Å². The van der Waals surface area contributed by atoms with Crippen molar-refractivity contribution >= 4 is 32.5 Å². The Hall–Kier alpha value is -3.13. The highest BCUT2D eigenvalue weighted by Gasteiger charge is 2.19. The van der Waals surface area contributed by atoms with Gasteiger partial charge in [0.05, 0.1) is 10.6 Å². The number of carbonyl (C=O) groups excluding carboxylic acids is 1. The highest BCUT2D eigenvalue weighted by molar-refractivity contribution is 7.92. The summed E-state index contributed by atoms with van der Waals surface area (Å²) in [5.41, 5.74) is 1.24. The Morgan fingerprint density at radius 1 is 1.13 bits per heavy atom. The lowest BCUT2D eigenvalue weighted by atomic mass is 10.1. The van der Waals surface area contributed by atoms with Crippen LogP contribution in [0.15, 0.2) is 58.4 Å². The number of hydrogen-bond donors (Lipinski definition) is 3. The lowest BCUT2D eigenvalue weighted by Gasteiger charge is -2.13. The third-order valence-electron chi connectivity index (χ3n) is 5.04. The maximum absolute atomic E-state index is 12.9. The zero-order chi connectivity index (χ0) is 21.9. The minimum atomic E-state index is -3.91. The minimum absolute atomic E-state index is 0.0501. The maximum Gasteiger partial charge on any atom is 0.261 e. The first-order valence-electron chi connectivity index (χ1n) is 9.83. The maximum atomic E-state index is 12.9. The van der Waals surface area contributed by atoms with Gasteiger partial charge in [0.2, 0.25) is 5.43 Å². The predicted octanol–water partition coefficient (Wildman–Crippen LogP) is 3.42. The normalized spacial score (nSPS) is 12.5. The van der Waals surface area contributed by atoms with E-state index in [1.807, 2.05) is 32.9 Å². The summed E-state index contributed by atoms with van der Waals surface area (Å²) in [4.78, 5) is 28.1. The van der Waals surface area contributed by atoms with Gasteiger partial charge in [-0.1, -0.05) is 32.0 Å². The van der Waals surface area contributed by atoms with Crippen molar-refractivity contribution in [3.8, 4) is 0 Å². The van der Waals surface area contributed by atoms with Gasteiger partial charge in [0.1, 0.15) is 5.56 Å². The van der Waals surface area contributed by atoms with Crippen molar-refractivity contribution in [1.82, 2.24) is 10.3 Å². The molecule has 158 valence electrons. The molecular formula is C22H25N3O4S. The van der Waals surface area contributed by atoms with Crippen LogP contribution in [0.3, 0.4) is 0 Å². The molecule has 2 aromatic carbocycles. The molecule has 0 fully saturated rings. The van der Waals surface area contributed by atoms with Gasteiger partial charge in [0, 0.05) is 23.1 Å². The quantitative estimate of drug-likeness (QED) is 0.537. The molecule has 0 spiro atoms. The number of nitrogens with one attached hydrogen (secondary N) is 3. The van der Waals surface area contributed by atoms with Crippen LogP contribution in [0.2, 0.25) is 0 Å². The van der Waals surface area contributed by atoms with Gasteiger partial charge >= 0.3 is 0 Å². The molecule has 0 aliphatic rings. The van der Waals surface area contributed by atoms with Crippen molar-refractivity contribution in [2.45, 2.75) is 44.6 Å². The number of sulfonamides is 1. The number of aryl methyl sites for hydroxylation is 1. The van der Waals surface area contributed by atoms with Gasteiger partial charge in [-0.05, 0) is 49.6 Å². The third-order valence-corrected chi connectivity index (χ3v) is 6.40. The number of fused-ring (bicyclic) bond motifs is 1. The average molecular weight is 428 g/mol. The number of H-pyrrole nitrogens is 1. The van der Waals surface area contributed by atoms with Crippen LogP contribution >= 0.6 is 0 Å². The predicted molar refractivity (Wildman–Crippen MR) is 118 cm³/mol. The number of pyridine rings is 1. The Morgan fingerprint density at radius 2 is 1.87 bits per heavy atom. The van der Waals surface area contributed by atoms with E-state index in [0.717, 1.165) is 12.0 Å². The van der Waals surface area contributed by atoms with E-state index >= 15 is 0 Å². The van der Waals surface area contributed by atoms with Gasteiger partial charge in [0.15, 0.2) is 0 Å². The fraction of sp³-hybridized carbons (Fsp3) is 0.273. The number of benzene rings is 2. The van der Waals surface area contributed by atoms with Gasteiger partial charge in [-0.15, -0.1) is 0 Å². The van der Waals surface area contributed by atoms with Crippen LogP contribution in [0.4, 0.5) is 5.69 Å². The van der Waals surface area contributed by atoms with Gasteiger partial charge in [-0.25, -0.2) is 8.42 Å². The number of rotatable bonds is 7. The van der Waals surface area contributed by atoms with Crippen molar-refractivity contribution in [2.24, 2.45) is 0 Å². The summed E-state index contributed by atoms with van der Waals surface area (Å²) in [6.07, 6.45) is 2.75. The first-order valence-corrected chi connectivity index (χ1v) is 11.3. The van der Waals surface area contributed by atoms with E-state index in [9.17, 15) is 18.0 Å². The highest BCUT2D eigenvalue weighted by Crippen LogP contribution is 2.22. The molecule has 3 aromatic rings. The molecular weight excluding hydrogens is 402 g/mol. The molecule has 7 nitrogen and oxygen atoms in total. The first kappa shape index (κ1) is 21.6. The van der Waals surface area contributed by atoms with Crippen LogP contribution in [0, 0.1) is 0 Å². The summed E-state index contributed by atoms with van der Waals surface area (Å²) >= 11 is 0. The van der Waals surface area contributed by atoms with Crippen molar-refractivity contribution in [2.75, 3.05) is 4.72 Å². The number of aromatic nitrogens is 1. The van der Waals surface area contributed by atoms with E-state index in [0.29, 0.717) is 17.6 Å². The summed E-state index contributed by atoms with van der Waals surface area (Å²) in [6.45, 7) is 5.71. The summed E-state index contributed by atoms with van der Waals surface area (Å²) < 4.78 is 28.4. The number of hydrogen-bond acceptors (Lipinski definition) is 4. The Bertz CT molecular complexity index is 1250. The van der Waals surface area contributed by atoms with Gasteiger partial charge < -0.3 is 10.3 Å². The number of para-hydroxylation sites is 1. The Labute approximate surface area is 175 Å². The number of amides is 1. The molecule has 0 saturated heterocycles. The second-order valence-electron chi connectivity index (χ2n) is 7.14. The number of anilines is 1. The average Bonchev–Trinajstić information content (AvgIpc) is 2.73. The Morgan fingerprint density at radius 3 is 2.57 bits per heavy atom. The van der Waals surface area contributed by atoms with Crippen molar-refractivity contribution in [3.63, 3.8) is 0 Å². The van der Waals surface area contributed by atoms with Gasteiger partial charge in [-0.3, -0.25) is 14.3 Å². The molecule has 3 N–H and O–H groups in total. The lowest BCUT2D eigenvalue weighted by Crippen LogP contribution is -2.35. The fourth-order valence-electron chi connectivity index (χ4n) is 3.07. The largest absolute Gasteiger partial charge is 0.360 e. The minimum Gasteiger partial charge on any atom is -0.360 e. The van der Waals surface area contributed by atoms with E-state index < -0.39 is 21.4 Å². The van der Waals surface area contributed by atoms with Crippen LogP contribution in [0.1, 0.15) is 43.1 Å². The van der Waals surface area contributed by atoms with Crippen LogP contribution < -0.4 is 15.5 Å². The molecule has 8 heteroatoms. The zero-order valence-electron chi connectivity index (χ0n) is 17.2. The molecule has 0 saturated carbocycles. The molecule has 1 heterocycles. The Balaban J connectivity index is 2.02. The molecule has 0 aliphatic carbocycles. The SMILES string of the molecule is CCc1ccccc1NS(=O)(=O)c1ccc2[nH]cc(C(=O)N[C@@H](C)CC)c(=O)c2c1. The number of aromatic amines is 1. The standard InChI is InChI=1S/C22H25N3O4S/c1-4-14(3)24-22(27)18-13-23-20-11-10-16(12-17(20)21(18)26)30(28,29)25-19-9-7-6-8-15(19)5-2/h6-14,25H,4-5H2,1-3H3,(H,23,26)(H,24,27)/t14-/m0/s1. The van der Waals surface area contributed by atoms with Crippen LogP contribution in [0.25, 0.3) is 10.9 Å². The second-order valence-corrected chi connectivity index (χ2v) is 8.82. The lowest BCUT2D eigenvalue weighted by molar-refractivity contribution is 0.0938. The molecule has 1 aromatic heterocycles. The van der Waals surface area contributed by atoms with E-state index in [1.54, 1.807) is 12.1 Å². The highest BCUT2D eigenvalue weighted by atomic mass is 32.2. The van der Waals surface area contributed by atoms with E-state index in [4.69, 9.17) is 0 Å².